The van der Waals surface area contributed by atoms with Crippen molar-refractivity contribution in [1.82, 2.24) is 0 Å². The third-order valence-electron chi connectivity index (χ3n) is 3.62. The van der Waals surface area contributed by atoms with E-state index in [1.54, 1.807) is 19.1 Å². The van der Waals surface area contributed by atoms with E-state index in [0.717, 1.165) is 22.3 Å². The van der Waals surface area contributed by atoms with Crippen LogP contribution < -0.4 is 0 Å². The smallest absolute Gasteiger partial charge is 0.166 e. The van der Waals surface area contributed by atoms with Gasteiger partial charge in [0.05, 0.1) is 0 Å². The van der Waals surface area contributed by atoms with Gasteiger partial charge in [0.15, 0.2) is 11.6 Å². The average Bonchev–Trinajstić information content (AvgIpc) is 2.35. The van der Waals surface area contributed by atoms with E-state index in [2.05, 4.69) is 0 Å². The quantitative estimate of drug-likeness (QED) is 0.673. The van der Waals surface area contributed by atoms with Gasteiger partial charge in [0.2, 0.25) is 0 Å². The number of halogens is 2. The fourth-order valence-corrected chi connectivity index (χ4v) is 2.10. The summed E-state index contributed by atoms with van der Waals surface area (Å²) in [5.41, 5.74) is 4.69. The molecule has 0 fully saturated rings. The Morgan fingerprint density at radius 1 is 0.611 bits per heavy atom. The summed E-state index contributed by atoms with van der Waals surface area (Å²) >= 11 is 0. The van der Waals surface area contributed by atoms with Crippen molar-refractivity contribution < 1.29 is 8.78 Å². The summed E-state index contributed by atoms with van der Waals surface area (Å²) < 4.78 is 27.6. The van der Waals surface area contributed by atoms with Crippen molar-refractivity contribution in [2.45, 2.75) is 27.7 Å². The van der Waals surface area contributed by atoms with Gasteiger partial charge in [-0.15, -0.1) is 0 Å². The highest BCUT2D eigenvalue weighted by atomic mass is 19.2. The number of aryl methyl sites for hydroxylation is 2. The highest BCUT2D eigenvalue weighted by Gasteiger charge is 2.15. The van der Waals surface area contributed by atoms with Gasteiger partial charge < -0.3 is 0 Å². The van der Waals surface area contributed by atoms with Crippen LogP contribution in [0.25, 0.3) is 11.1 Å². The Labute approximate surface area is 106 Å². The second-order valence-electron chi connectivity index (χ2n) is 4.74. The van der Waals surface area contributed by atoms with Gasteiger partial charge in [-0.05, 0) is 55.5 Å². The largest absolute Gasteiger partial charge is 0.203 e. The topological polar surface area (TPSA) is 0 Å². The van der Waals surface area contributed by atoms with Crippen LogP contribution in [0.4, 0.5) is 8.78 Å². The third kappa shape index (κ3) is 1.92. The highest BCUT2D eigenvalue weighted by Crippen LogP contribution is 2.31. The van der Waals surface area contributed by atoms with Crippen LogP contribution >= 0.6 is 0 Å². The Morgan fingerprint density at radius 2 is 1.17 bits per heavy atom. The van der Waals surface area contributed by atoms with Gasteiger partial charge >= 0.3 is 0 Å². The van der Waals surface area contributed by atoms with E-state index in [0.29, 0.717) is 11.1 Å². The summed E-state index contributed by atoms with van der Waals surface area (Å²) in [6.45, 7) is 7.51. The van der Waals surface area contributed by atoms with Gasteiger partial charge in [0.1, 0.15) is 0 Å². The van der Waals surface area contributed by atoms with Gasteiger partial charge in [-0.3, -0.25) is 0 Å². The molecule has 2 aromatic carbocycles. The molecule has 0 radical (unpaired) electrons. The molecule has 18 heavy (non-hydrogen) atoms. The molecular formula is C16H16F2. The van der Waals surface area contributed by atoms with Crippen LogP contribution in [-0.2, 0) is 0 Å². The molecule has 0 heterocycles. The van der Waals surface area contributed by atoms with Crippen LogP contribution in [0.5, 0.6) is 0 Å². The maximum Gasteiger partial charge on any atom is 0.166 e. The molecule has 94 valence electrons. The first kappa shape index (κ1) is 12.7. The Kier molecular flexibility index (Phi) is 3.20. The molecule has 0 aliphatic heterocycles. The molecule has 0 aliphatic carbocycles. The Bertz CT molecular complexity index is 557. The summed E-state index contributed by atoms with van der Waals surface area (Å²) in [6.07, 6.45) is 0. The molecule has 0 N–H and O–H groups in total. The molecule has 2 heteroatoms. The maximum atomic E-state index is 14.0. The zero-order valence-electron chi connectivity index (χ0n) is 11.1. The van der Waals surface area contributed by atoms with Crippen LogP contribution in [0.3, 0.4) is 0 Å². The van der Waals surface area contributed by atoms with Crippen molar-refractivity contribution >= 4 is 0 Å². The lowest BCUT2D eigenvalue weighted by Gasteiger charge is -2.13. The van der Waals surface area contributed by atoms with Gasteiger partial charge in [-0.2, -0.15) is 0 Å². The number of hydrogen-bond donors (Lipinski definition) is 0. The van der Waals surface area contributed by atoms with E-state index < -0.39 is 11.6 Å². The Morgan fingerprint density at radius 3 is 1.83 bits per heavy atom. The molecule has 0 saturated carbocycles. The summed E-state index contributed by atoms with van der Waals surface area (Å²) in [5.74, 6) is -1.52. The molecule has 0 bridgehead atoms. The van der Waals surface area contributed by atoms with Crippen LogP contribution in [0.15, 0.2) is 24.3 Å². The predicted octanol–water partition coefficient (Wildman–Crippen LogP) is 4.87. The van der Waals surface area contributed by atoms with Crippen molar-refractivity contribution in [2.75, 3.05) is 0 Å². The number of rotatable bonds is 1. The van der Waals surface area contributed by atoms with E-state index in [4.69, 9.17) is 0 Å². The normalized spacial score (nSPS) is 10.8. The van der Waals surface area contributed by atoms with Crippen molar-refractivity contribution in [2.24, 2.45) is 0 Å². The fraction of sp³-hybridized carbons (Fsp3) is 0.250. The lowest BCUT2D eigenvalue weighted by atomic mass is 9.93. The summed E-state index contributed by atoms with van der Waals surface area (Å²) in [7, 11) is 0. The van der Waals surface area contributed by atoms with Crippen molar-refractivity contribution in [3.63, 3.8) is 0 Å². The van der Waals surface area contributed by atoms with E-state index in [1.807, 2.05) is 32.9 Å². The summed E-state index contributed by atoms with van der Waals surface area (Å²) in [4.78, 5) is 0. The van der Waals surface area contributed by atoms with Gasteiger partial charge in [0, 0.05) is 5.56 Å². The highest BCUT2D eigenvalue weighted by molar-refractivity contribution is 5.70. The minimum absolute atomic E-state index is 0.331. The van der Waals surface area contributed by atoms with Crippen LogP contribution in [-0.4, -0.2) is 0 Å². The van der Waals surface area contributed by atoms with Crippen LogP contribution in [0.2, 0.25) is 0 Å². The maximum absolute atomic E-state index is 14.0. The summed E-state index contributed by atoms with van der Waals surface area (Å²) in [6, 6.07) is 7.05. The van der Waals surface area contributed by atoms with E-state index in [-0.39, 0.29) is 0 Å². The van der Waals surface area contributed by atoms with Crippen LogP contribution in [0.1, 0.15) is 22.3 Å². The first-order valence-corrected chi connectivity index (χ1v) is 5.95. The molecule has 2 aromatic rings. The third-order valence-corrected chi connectivity index (χ3v) is 3.62. The molecule has 0 aliphatic rings. The molecule has 2 rings (SSSR count). The van der Waals surface area contributed by atoms with Crippen molar-refractivity contribution in [3.05, 3.63) is 58.2 Å². The molecule has 0 aromatic heterocycles. The van der Waals surface area contributed by atoms with Crippen LogP contribution in [0, 0.1) is 39.3 Å². The lowest BCUT2D eigenvalue weighted by Crippen LogP contribution is -1.96. The molecule has 0 spiro atoms. The second-order valence-corrected chi connectivity index (χ2v) is 4.74. The van der Waals surface area contributed by atoms with E-state index in [1.165, 1.54) is 0 Å². The first-order chi connectivity index (χ1) is 8.43. The minimum atomic E-state index is -0.763. The molecule has 0 unspecified atom stereocenters. The molecule has 0 nitrogen and oxygen atoms in total. The lowest BCUT2D eigenvalue weighted by molar-refractivity contribution is 0.505. The van der Waals surface area contributed by atoms with E-state index >= 15 is 0 Å². The molecule has 0 amide bonds. The summed E-state index contributed by atoms with van der Waals surface area (Å²) in [5, 5.41) is 0. The Balaban J connectivity index is 2.71. The van der Waals surface area contributed by atoms with E-state index in [9.17, 15) is 8.78 Å². The predicted molar refractivity (Wildman–Crippen MR) is 70.7 cm³/mol. The van der Waals surface area contributed by atoms with Crippen molar-refractivity contribution in [1.29, 1.82) is 0 Å². The average molecular weight is 246 g/mol. The Hall–Kier alpha value is -1.70. The monoisotopic (exact) mass is 246 g/mol. The van der Waals surface area contributed by atoms with Gasteiger partial charge in [-0.25, -0.2) is 8.78 Å². The first-order valence-electron chi connectivity index (χ1n) is 5.95. The standard InChI is InChI=1S/C16H16F2/c1-9-5-7-13(12(4)11(9)3)14-8-6-10(2)15(17)16(14)18/h5-8H,1-4H3. The van der Waals surface area contributed by atoms with Gasteiger partial charge in [-0.1, -0.05) is 24.3 Å². The molecular weight excluding hydrogens is 230 g/mol. The zero-order valence-corrected chi connectivity index (χ0v) is 11.1. The minimum Gasteiger partial charge on any atom is -0.203 e. The number of benzene rings is 2. The SMILES string of the molecule is Cc1ccc(-c2ccc(C)c(F)c2F)c(C)c1C. The second kappa shape index (κ2) is 4.52. The zero-order chi connectivity index (χ0) is 13.4. The fourth-order valence-electron chi connectivity index (χ4n) is 2.10. The molecule has 0 saturated heterocycles. The number of hydrogen-bond acceptors (Lipinski definition) is 0. The van der Waals surface area contributed by atoms with Gasteiger partial charge in [0.25, 0.3) is 0 Å². The van der Waals surface area contributed by atoms with Crippen molar-refractivity contribution in [3.8, 4) is 11.1 Å². The molecule has 0 atom stereocenters.